The van der Waals surface area contributed by atoms with Crippen LogP contribution in [0.3, 0.4) is 0 Å². The number of ether oxygens (including phenoxy) is 1. The van der Waals surface area contributed by atoms with Gasteiger partial charge in [-0.3, -0.25) is 4.79 Å². The molecule has 70 valence electrons. The third-order valence-electron chi connectivity index (χ3n) is 1.31. The van der Waals surface area contributed by atoms with Crippen LogP contribution in [-0.4, -0.2) is 11.9 Å². The Morgan fingerprint density at radius 2 is 2.08 bits per heavy atom. The van der Waals surface area contributed by atoms with E-state index in [2.05, 4.69) is 4.74 Å². The fourth-order valence-electron chi connectivity index (χ4n) is 0.828. The predicted molar refractivity (Wildman–Crippen MR) is 43.3 cm³/mol. The Morgan fingerprint density at radius 1 is 1.46 bits per heavy atom. The minimum Gasteiger partial charge on any atom is -0.446 e. The average Bonchev–Trinajstić information content (AvgIpc) is 2.03. The third kappa shape index (κ3) is 2.66. The molecule has 0 spiro atoms. The Morgan fingerprint density at radius 3 is 2.62 bits per heavy atom. The van der Waals surface area contributed by atoms with E-state index < -0.39 is 11.9 Å². The van der Waals surface area contributed by atoms with Gasteiger partial charge in [-0.15, -0.1) is 0 Å². The highest BCUT2D eigenvalue weighted by Crippen LogP contribution is 2.21. The summed E-state index contributed by atoms with van der Waals surface area (Å²) in [6.45, 7) is 0. The van der Waals surface area contributed by atoms with Gasteiger partial charge >= 0.3 is 11.9 Å². The lowest BCUT2D eigenvalue weighted by Gasteiger charge is -2.06. The summed E-state index contributed by atoms with van der Waals surface area (Å²) in [6, 6.07) is 3.65. The van der Waals surface area contributed by atoms with Crippen molar-refractivity contribution >= 4 is 17.6 Å². The van der Waals surface area contributed by atoms with Crippen molar-refractivity contribution in [1.82, 2.24) is 0 Å². The smallest absolute Gasteiger partial charge is 0.335 e. The number of hydrogen-bond donors (Lipinski definition) is 0. The van der Waals surface area contributed by atoms with Gasteiger partial charge in [0.05, 0.1) is 5.56 Å². The molecule has 5 heteroatoms. The average molecular weight is 207 g/mol. The number of carbonyl (C=O) groups excluding carboxylic acids is 1. The van der Waals surface area contributed by atoms with Crippen LogP contribution in [0.2, 0.25) is 0 Å². The van der Waals surface area contributed by atoms with Gasteiger partial charge in [0, 0.05) is 0 Å². The topological polar surface area (TPSA) is 26.3 Å². The van der Waals surface area contributed by atoms with Crippen LogP contribution in [0, 0.1) is 0 Å². The first-order valence-corrected chi connectivity index (χ1v) is 3.78. The molecule has 2 nitrogen and oxygen atoms in total. The molecule has 0 bridgehead atoms. The fourth-order valence-corrected chi connectivity index (χ4v) is 0.924. The molecule has 0 aromatic heterocycles. The summed E-state index contributed by atoms with van der Waals surface area (Å²) in [6.07, 6.45) is 0. The first-order valence-electron chi connectivity index (χ1n) is 3.35. The van der Waals surface area contributed by atoms with Crippen LogP contribution in [-0.2, 0) is 0 Å². The van der Waals surface area contributed by atoms with E-state index in [0.717, 1.165) is 0 Å². The SMILES string of the molecule is O=C(F)c1ccccc1OC(F)Cl. The van der Waals surface area contributed by atoms with Crippen molar-refractivity contribution < 1.29 is 18.3 Å². The Kier molecular flexibility index (Phi) is 3.19. The second kappa shape index (κ2) is 4.18. The highest BCUT2D eigenvalue weighted by atomic mass is 35.5. The molecule has 0 aliphatic heterocycles. The van der Waals surface area contributed by atoms with Gasteiger partial charge < -0.3 is 4.74 Å². The van der Waals surface area contributed by atoms with Crippen LogP contribution in [0.1, 0.15) is 10.4 Å². The van der Waals surface area contributed by atoms with Crippen molar-refractivity contribution in [2.45, 2.75) is 5.82 Å². The minimum absolute atomic E-state index is 0.211. The molecule has 0 saturated heterocycles. The molecule has 0 heterocycles. The van der Waals surface area contributed by atoms with Crippen molar-refractivity contribution in [2.75, 3.05) is 0 Å². The van der Waals surface area contributed by atoms with Gasteiger partial charge in [0.2, 0.25) is 0 Å². The molecule has 0 N–H and O–H groups in total. The molecule has 1 aromatic carbocycles. The van der Waals surface area contributed by atoms with Crippen molar-refractivity contribution in [1.29, 1.82) is 0 Å². The first-order chi connectivity index (χ1) is 6.11. The highest BCUT2D eigenvalue weighted by Gasteiger charge is 2.13. The maximum absolute atomic E-state index is 12.3. The van der Waals surface area contributed by atoms with Crippen LogP contribution in [0.5, 0.6) is 5.75 Å². The van der Waals surface area contributed by atoms with E-state index in [1.807, 2.05) is 0 Å². The Balaban J connectivity index is 2.98. The van der Waals surface area contributed by atoms with Crippen LogP contribution < -0.4 is 4.74 Å². The lowest BCUT2D eigenvalue weighted by molar-refractivity contribution is 0.0824. The molecule has 1 aromatic rings. The largest absolute Gasteiger partial charge is 0.446 e. The molecule has 1 unspecified atom stereocenters. The zero-order chi connectivity index (χ0) is 9.84. The van der Waals surface area contributed by atoms with Crippen LogP contribution >= 0.6 is 11.6 Å². The van der Waals surface area contributed by atoms with Gasteiger partial charge in [-0.1, -0.05) is 12.1 Å². The molecule has 0 amide bonds. The van der Waals surface area contributed by atoms with Crippen LogP contribution in [0.15, 0.2) is 24.3 Å². The maximum Gasteiger partial charge on any atom is 0.335 e. The second-order valence-corrected chi connectivity index (χ2v) is 2.49. The fraction of sp³-hybridized carbons (Fsp3) is 0.125. The second-order valence-electron chi connectivity index (χ2n) is 2.15. The number of benzene rings is 1. The normalized spacial score (nSPS) is 12.2. The van der Waals surface area contributed by atoms with Gasteiger partial charge in [0.1, 0.15) is 5.75 Å². The number of halogens is 3. The quantitative estimate of drug-likeness (QED) is 0.561. The number of rotatable bonds is 3. The van der Waals surface area contributed by atoms with E-state index in [1.54, 1.807) is 0 Å². The number of hydrogen-bond acceptors (Lipinski definition) is 2. The Hall–Kier alpha value is -1.16. The summed E-state index contributed by atoms with van der Waals surface area (Å²) in [7, 11) is 0. The van der Waals surface area contributed by atoms with Gasteiger partial charge in [0.15, 0.2) is 0 Å². The van der Waals surface area contributed by atoms with Gasteiger partial charge in [-0.25, -0.2) is 0 Å². The molecule has 1 rings (SSSR count). The lowest BCUT2D eigenvalue weighted by Crippen LogP contribution is -2.04. The first kappa shape index (κ1) is 9.92. The molecule has 0 fully saturated rings. The summed E-state index contributed by atoms with van der Waals surface area (Å²) >= 11 is 4.87. The number of alkyl halides is 2. The summed E-state index contributed by atoms with van der Waals surface area (Å²) in [5.41, 5.74) is -0.342. The van der Waals surface area contributed by atoms with Gasteiger partial charge in [-0.2, -0.15) is 8.78 Å². The molecule has 0 radical (unpaired) electrons. The van der Waals surface area contributed by atoms with Crippen LogP contribution in [0.25, 0.3) is 0 Å². The van der Waals surface area contributed by atoms with E-state index >= 15 is 0 Å². The maximum atomic E-state index is 12.3. The summed E-state index contributed by atoms with van der Waals surface area (Å²) in [5, 5.41) is 0. The summed E-state index contributed by atoms with van der Waals surface area (Å²) in [5.74, 6) is -2.31. The number of carbonyl (C=O) groups is 1. The zero-order valence-corrected chi connectivity index (χ0v) is 7.09. The molecule has 0 saturated carbocycles. The van der Waals surface area contributed by atoms with Crippen molar-refractivity contribution in [3.63, 3.8) is 0 Å². The van der Waals surface area contributed by atoms with E-state index in [4.69, 9.17) is 11.6 Å². The van der Waals surface area contributed by atoms with Gasteiger partial charge in [0.25, 0.3) is 0 Å². The van der Waals surface area contributed by atoms with E-state index in [-0.39, 0.29) is 11.3 Å². The molecule has 1 atom stereocenters. The Labute approximate surface area is 78.1 Å². The minimum atomic E-state index is -2.10. The molecule has 13 heavy (non-hydrogen) atoms. The van der Waals surface area contributed by atoms with Gasteiger partial charge in [-0.05, 0) is 23.7 Å². The number of para-hydroxylation sites is 1. The Bertz CT molecular complexity index is 315. The van der Waals surface area contributed by atoms with Crippen molar-refractivity contribution in [3.8, 4) is 5.75 Å². The van der Waals surface area contributed by atoms with Crippen molar-refractivity contribution in [3.05, 3.63) is 29.8 Å². The molecular formula is C8H5ClF2O2. The van der Waals surface area contributed by atoms with E-state index in [1.165, 1.54) is 24.3 Å². The monoisotopic (exact) mass is 206 g/mol. The van der Waals surface area contributed by atoms with Crippen molar-refractivity contribution in [2.24, 2.45) is 0 Å². The summed E-state index contributed by atoms with van der Waals surface area (Å²) in [4.78, 5) is 10.3. The molecule has 0 aliphatic rings. The molecule has 0 aliphatic carbocycles. The predicted octanol–water partition coefficient (Wildman–Crippen LogP) is 2.67. The third-order valence-corrected chi connectivity index (χ3v) is 1.40. The van der Waals surface area contributed by atoms with E-state index in [9.17, 15) is 13.6 Å². The van der Waals surface area contributed by atoms with E-state index in [0.29, 0.717) is 0 Å². The van der Waals surface area contributed by atoms with Crippen LogP contribution in [0.4, 0.5) is 8.78 Å². The summed E-state index contributed by atoms with van der Waals surface area (Å²) < 4.78 is 28.7. The lowest BCUT2D eigenvalue weighted by atomic mass is 10.2. The highest BCUT2D eigenvalue weighted by molar-refractivity contribution is 6.18. The standard InChI is InChI=1S/C8H5ClF2O2/c9-8(11)13-6-4-2-1-3-5(6)7(10)12/h1-4,8H. The zero-order valence-electron chi connectivity index (χ0n) is 6.34. The molecular weight excluding hydrogens is 202 g/mol.